The molecule has 0 atom stereocenters. The molecule has 4 N–H and O–H groups in total. The van der Waals surface area contributed by atoms with Crippen molar-refractivity contribution in [1.29, 1.82) is 0 Å². The highest BCUT2D eigenvalue weighted by molar-refractivity contribution is 14.0. The zero-order chi connectivity index (χ0) is 13.5. The molecule has 1 aromatic rings. The van der Waals surface area contributed by atoms with Crippen molar-refractivity contribution in [3.8, 4) is 0 Å². The second-order valence-corrected chi connectivity index (χ2v) is 5.25. The summed E-state index contributed by atoms with van der Waals surface area (Å²) in [5.41, 5.74) is 13.2. The molecule has 1 heterocycles. The van der Waals surface area contributed by atoms with E-state index in [4.69, 9.17) is 11.5 Å². The van der Waals surface area contributed by atoms with Gasteiger partial charge in [0.15, 0.2) is 5.96 Å². The number of guanidine groups is 1. The van der Waals surface area contributed by atoms with E-state index in [0.717, 1.165) is 12.1 Å². The van der Waals surface area contributed by atoms with Crippen molar-refractivity contribution in [2.45, 2.75) is 38.8 Å². The molecule has 1 aliphatic rings. The Morgan fingerprint density at radius 1 is 0.950 bits per heavy atom. The number of aliphatic imine (C=N–C) groups is 1. The lowest BCUT2D eigenvalue weighted by Gasteiger charge is -2.19. The van der Waals surface area contributed by atoms with Gasteiger partial charge in [-0.25, -0.2) is 4.99 Å². The van der Waals surface area contributed by atoms with Gasteiger partial charge in [0, 0.05) is 6.54 Å². The Balaban J connectivity index is 0.00000200. The van der Waals surface area contributed by atoms with Crippen LogP contribution in [0, 0.1) is 0 Å². The maximum absolute atomic E-state index is 5.33. The summed E-state index contributed by atoms with van der Waals surface area (Å²) in [6.45, 7) is 4.08. The van der Waals surface area contributed by atoms with Crippen LogP contribution in [0.5, 0.6) is 0 Å². The highest BCUT2D eigenvalue weighted by Gasteiger charge is 2.09. The molecule has 1 aromatic carbocycles. The monoisotopic (exact) mass is 388 g/mol. The second-order valence-electron chi connectivity index (χ2n) is 5.25. The van der Waals surface area contributed by atoms with Crippen molar-refractivity contribution < 1.29 is 0 Å². The number of rotatable bonds is 4. The fourth-order valence-corrected chi connectivity index (χ4v) is 2.49. The van der Waals surface area contributed by atoms with Crippen molar-refractivity contribution in [3.63, 3.8) is 0 Å². The van der Waals surface area contributed by atoms with Gasteiger partial charge in [-0.15, -0.1) is 24.0 Å². The lowest BCUT2D eigenvalue weighted by molar-refractivity contribution is 0.277. The van der Waals surface area contributed by atoms with Crippen molar-refractivity contribution >= 4 is 29.9 Å². The second kappa shape index (κ2) is 9.18. The normalized spacial score (nSPS) is 16.0. The first-order valence-corrected chi connectivity index (χ1v) is 7.09. The SMILES string of the molecule is I.NC(N)=NCc1ccc(CN2CCCCCC2)cc1. The van der Waals surface area contributed by atoms with Gasteiger partial charge in [0.05, 0.1) is 6.54 Å². The topological polar surface area (TPSA) is 67.6 Å². The molecule has 2 rings (SSSR count). The Kier molecular flexibility index (Phi) is 7.91. The van der Waals surface area contributed by atoms with E-state index in [9.17, 15) is 0 Å². The van der Waals surface area contributed by atoms with E-state index < -0.39 is 0 Å². The molecule has 0 radical (unpaired) electrons. The fourth-order valence-electron chi connectivity index (χ4n) is 2.49. The average Bonchev–Trinajstić information content (AvgIpc) is 2.66. The van der Waals surface area contributed by atoms with Gasteiger partial charge in [-0.2, -0.15) is 0 Å². The lowest BCUT2D eigenvalue weighted by Crippen LogP contribution is -2.23. The molecule has 4 nitrogen and oxygen atoms in total. The highest BCUT2D eigenvalue weighted by atomic mass is 127. The van der Waals surface area contributed by atoms with Crippen LogP contribution < -0.4 is 11.5 Å². The molecule has 1 saturated heterocycles. The van der Waals surface area contributed by atoms with Crippen LogP contribution in [0.1, 0.15) is 36.8 Å². The third-order valence-corrected chi connectivity index (χ3v) is 3.57. The zero-order valence-corrected chi connectivity index (χ0v) is 14.3. The molecule has 0 aliphatic carbocycles. The minimum Gasteiger partial charge on any atom is -0.370 e. The van der Waals surface area contributed by atoms with Gasteiger partial charge in [0.25, 0.3) is 0 Å². The predicted octanol–water partition coefficient (Wildman–Crippen LogP) is 2.45. The summed E-state index contributed by atoms with van der Waals surface area (Å²) < 4.78 is 0. The van der Waals surface area contributed by atoms with Gasteiger partial charge in [-0.05, 0) is 37.1 Å². The summed E-state index contributed by atoms with van der Waals surface area (Å²) in [5, 5.41) is 0. The van der Waals surface area contributed by atoms with E-state index in [1.165, 1.54) is 44.3 Å². The molecule has 0 amide bonds. The standard InChI is InChI=1S/C15H24N4.HI/c16-15(17)18-11-13-5-7-14(8-6-13)12-19-9-3-1-2-4-10-19;/h5-8H,1-4,9-12H2,(H4,16,17,18);1H. The van der Waals surface area contributed by atoms with Gasteiger partial charge in [-0.3, -0.25) is 4.90 Å². The fraction of sp³-hybridized carbons (Fsp3) is 0.533. The average molecular weight is 388 g/mol. The van der Waals surface area contributed by atoms with E-state index in [1.807, 2.05) is 0 Å². The third-order valence-electron chi connectivity index (χ3n) is 3.57. The first-order chi connectivity index (χ1) is 9.24. The number of nitrogens with zero attached hydrogens (tertiary/aromatic N) is 2. The van der Waals surface area contributed by atoms with Gasteiger partial charge >= 0.3 is 0 Å². The van der Waals surface area contributed by atoms with E-state index in [0.29, 0.717) is 6.54 Å². The number of nitrogens with two attached hydrogens (primary N) is 2. The van der Waals surface area contributed by atoms with E-state index in [1.54, 1.807) is 0 Å². The molecule has 1 fully saturated rings. The molecular weight excluding hydrogens is 363 g/mol. The Bertz CT molecular complexity index is 404. The van der Waals surface area contributed by atoms with Crippen LogP contribution >= 0.6 is 24.0 Å². The van der Waals surface area contributed by atoms with Gasteiger partial charge < -0.3 is 11.5 Å². The van der Waals surface area contributed by atoms with Gasteiger partial charge in [0.2, 0.25) is 0 Å². The molecule has 20 heavy (non-hydrogen) atoms. The van der Waals surface area contributed by atoms with Crippen molar-refractivity contribution in [1.82, 2.24) is 4.90 Å². The number of hydrogen-bond acceptors (Lipinski definition) is 2. The summed E-state index contributed by atoms with van der Waals surface area (Å²) in [5.74, 6) is 0.147. The minimum absolute atomic E-state index is 0. The Hall–Kier alpha value is -0.820. The Labute approximate surface area is 138 Å². The quantitative estimate of drug-likeness (QED) is 0.473. The summed E-state index contributed by atoms with van der Waals surface area (Å²) in [6, 6.07) is 8.59. The van der Waals surface area contributed by atoms with Crippen molar-refractivity contribution in [2.75, 3.05) is 13.1 Å². The Morgan fingerprint density at radius 2 is 1.50 bits per heavy atom. The van der Waals surface area contributed by atoms with Crippen LogP contribution in [0.25, 0.3) is 0 Å². The number of benzene rings is 1. The molecule has 5 heteroatoms. The largest absolute Gasteiger partial charge is 0.370 e. The van der Waals surface area contributed by atoms with Gasteiger partial charge in [0.1, 0.15) is 0 Å². The van der Waals surface area contributed by atoms with E-state index >= 15 is 0 Å². The van der Waals surface area contributed by atoms with Crippen LogP contribution in [0.3, 0.4) is 0 Å². The maximum atomic E-state index is 5.33. The predicted molar refractivity (Wildman–Crippen MR) is 95.1 cm³/mol. The number of halogens is 1. The first-order valence-electron chi connectivity index (χ1n) is 7.09. The van der Waals surface area contributed by atoms with Crippen LogP contribution in [0.2, 0.25) is 0 Å². The van der Waals surface area contributed by atoms with E-state index in [2.05, 4.69) is 34.2 Å². The first kappa shape index (κ1) is 17.2. The molecule has 0 bridgehead atoms. The molecule has 0 spiro atoms. The lowest BCUT2D eigenvalue weighted by atomic mass is 10.1. The summed E-state index contributed by atoms with van der Waals surface area (Å²) >= 11 is 0. The van der Waals surface area contributed by atoms with Crippen LogP contribution in [0.4, 0.5) is 0 Å². The minimum atomic E-state index is 0. The Morgan fingerprint density at radius 3 is 2.05 bits per heavy atom. The number of hydrogen-bond donors (Lipinski definition) is 2. The summed E-state index contributed by atoms with van der Waals surface area (Å²) in [6.07, 6.45) is 5.44. The molecule has 112 valence electrons. The number of likely N-dealkylation sites (tertiary alicyclic amines) is 1. The van der Waals surface area contributed by atoms with Crippen LogP contribution in [-0.4, -0.2) is 23.9 Å². The summed E-state index contributed by atoms with van der Waals surface area (Å²) in [7, 11) is 0. The van der Waals surface area contributed by atoms with Crippen LogP contribution in [0.15, 0.2) is 29.3 Å². The van der Waals surface area contributed by atoms with Crippen molar-refractivity contribution in [2.24, 2.45) is 16.5 Å². The maximum Gasteiger partial charge on any atom is 0.186 e. The zero-order valence-electron chi connectivity index (χ0n) is 11.9. The highest BCUT2D eigenvalue weighted by Crippen LogP contribution is 2.14. The van der Waals surface area contributed by atoms with Crippen molar-refractivity contribution in [3.05, 3.63) is 35.4 Å². The molecule has 0 aromatic heterocycles. The molecular formula is C15H25IN4. The summed E-state index contributed by atoms with van der Waals surface area (Å²) in [4.78, 5) is 6.57. The van der Waals surface area contributed by atoms with Crippen LogP contribution in [-0.2, 0) is 13.1 Å². The van der Waals surface area contributed by atoms with Gasteiger partial charge in [-0.1, -0.05) is 37.1 Å². The molecule has 1 aliphatic heterocycles. The molecule has 0 unspecified atom stereocenters. The smallest absolute Gasteiger partial charge is 0.186 e. The third kappa shape index (κ3) is 6.09. The van der Waals surface area contributed by atoms with E-state index in [-0.39, 0.29) is 29.9 Å². The molecule has 0 saturated carbocycles.